The first-order valence-electron chi connectivity index (χ1n) is 5.92. The summed E-state index contributed by atoms with van der Waals surface area (Å²) in [6, 6.07) is 0. The van der Waals surface area contributed by atoms with E-state index in [1.54, 1.807) is 0 Å². The number of rotatable bonds is 4. The Balaban J connectivity index is 2.20. The van der Waals surface area contributed by atoms with Crippen molar-refractivity contribution in [3.05, 3.63) is 0 Å². The molecule has 0 radical (unpaired) electrons. The maximum atomic E-state index is 9.98. The average molecular weight is 199 g/mol. The van der Waals surface area contributed by atoms with Crippen LogP contribution in [0.1, 0.15) is 39.0 Å². The van der Waals surface area contributed by atoms with E-state index in [-0.39, 0.29) is 6.10 Å². The molecular formula is C12H25NO. The van der Waals surface area contributed by atoms with Crippen molar-refractivity contribution in [1.29, 1.82) is 0 Å². The van der Waals surface area contributed by atoms with Gasteiger partial charge in [-0.25, -0.2) is 0 Å². The van der Waals surface area contributed by atoms with Crippen LogP contribution in [0.15, 0.2) is 0 Å². The predicted molar refractivity (Wildman–Crippen MR) is 60.3 cm³/mol. The quantitative estimate of drug-likeness (QED) is 0.749. The van der Waals surface area contributed by atoms with Gasteiger partial charge in [0.05, 0.1) is 6.10 Å². The van der Waals surface area contributed by atoms with Crippen LogP contribution in [0.5, 0.6) is 0 Å². The van der Waals surface area contributed by atoms with Crippen molar-refractivity contribution in [2.45, 2.75) is 45.1 Å². The second kappa shape index (κ2) is 5.72. The van der Waals surface area contributed by atoms with E-state index in [1.807, 2.05) is 0 Å². The van der Waals surface area contributed by atoms with Gasteiger partial charge in [-0.05, 0) is 51.7 Å². The molecule has 0 amide bonds. The molecule has 0 heterocycles. The maximum absolute atomic E-state index is 9.98. The molecule has 1 aliphatic rings. The normalized spacial score (nSPS) is 30.6. The summed E-state index contributed by atoms with van der Waals surface area (Å²) in [6.45, 7) is 3.33. The number of hydrogen-bond donors (Lipinski definition) is 1. The summed E-state index contributed by atoms with van der Waals surface area (Å²) in [5.74, 6) is 1.46. The molecule has 84 valence electrons. The highest BCUT2D eigenvalue weighted by molar-refractivity contribution is 4.76. The lowest BCUT2D eigenvalue weighted by Gasteiger charge is -2.30. The first-order valence-corrected chi connectivity index (χ1v) is 5.92. The monoisotopic (exact) mass is 199 g/mol. The second-order valence-corrected chi connectivity index (χ2v) is 5.18. The SMILES string of the molecule is CC1CCC(C(O)CCN(C)C)CC1. The van der Waals surface area contributed by atoms with Crippen LogP contribution in [0.2, 0.25) is 0 Å². The third-order valence-corrected chi connectivity index (χ3v) is 3.48. The Morgan fingerprint density at radius 2 is 1.79 bits per heavy atom. The van der Waals surface area contributed by atoms with Crippen LogP contribution in [0.4, 0.5) is 0 Å². The number of hydrogen-bond acceptors (Lipinski definition) is 2. The van der Waals surface area contributed by atoms with Crippen molar-refractivity contribution in [1.82, 2.24) is 4.90 Å². The predicted octanol–water partition coefficient (Wildman–Crippen LogP) is 2.13. The molecule has 14 heavy (non-hydrogen) atoms. The van der Waals surface area contributed by atoms with Crippen LogP contribution in [-0.4, -0.2) is 36.8 Å². The average Bonchev–Trinajstić information content (AvgIpc) is 2.15. The van der Waals surface area contributed by atoms with Crippen LogP contribution >= 0.6 is 0 Å². The lowest BCUT2D eigenvalue weighted by molar-refractivity contribution is 0.0629. The molecule has 1 rings (SSSR count). The molecule has 1 saturated carbocycles. The summed E-state index contributed by atoms with van der Waals surface area (Å²) >= 11 is 0. The van der Waals surface area contributed by atoms with Crippen molar-refractivity contribution in [3.8, 4) is 0 Å². The molecule has 0 aromatic heterocycles. The maximum Gasteiger partial charge on any atom is 0.0580 e. The lowest BCUT2D eigenvalue weighted by atomic mass is 9.79. The molecular weight excluding hydrogens is 174 g/mol. The Kier molecular flexibility index (Phi) is 4.90. The molecule has 0 bridgehead atoms. The van der Waals surface area contributed by atoms with Gasteiger partial charge < -0.3 is 10.0 Å². The highest BCUT2D eigenvalue weighted by Gasteiger charge is 2.24. The molecule has 1 atom stereocenters. The Morgan fingerprint density at radius 1 is 1.21 bits per heavy atom. The standard InChI is InChI=1S/C12H25NO/c1-10-4-6-11(7-5-10)12(14)8-9-13(2)3/h10-12,14H,4-9H2,1-3H3. The van der Waals surface area contributed by atoms with Crippen LogP contribution in [0.3, 0.4) is 0 Å². The summed E-state index contributed by atoms with van der Waals surface area (Å²) in [5.41, 5.74) is 0. The van der Waals surface area contributed by atoms with E-state index in [9.17, 15) is 5.11 Å². The fourth-order valence-electron chi connectivity index (χ4n) is 2.30. The zero-order valence-corrected chi connectivity index (χ0v) is 9.87. The zero-order chi connectivity index (χ0) is 10.6. The molecule has 2 heteroatoms. The molecule has 1 fully saturated rings. The Hall–Kier alpha value is -0.0800. The van der Waals surface area contributed by atoms with Gasteiger partial charge in [-0.1, -0.05) is 19.8 Å². The summed E-state index contributed by atoms with van der Waals surface area (Å²) in [6.07, 6.45) is 5.95. The first-order chi connectivity index (χ1) is 6.59. The van der Waals surface area contributed by atoms with Gasteiger partial charge in [0.1, 0.15) is 0 Å². The fourth-order valence-corrected chi connectivity index (χ4v) is 2.30. The fraction of sp³-hybridized carbons (Fsp3) is 1.00. The van der Waals surface area contributed by atoms with Crippen LogP contribution in [0.25, 0.3) is 0 Å². The van der Waals surface area contributed by atoms with Gasteiger partial charge in [0.25, 0.3) is 0 Å². The van der Waals surface area contributed by atoms with Crippen LogP contribution in [-0.2, 0) is 0 Å². The van der Waals surface area contributed by atoms with Crippen molar-refractivity contribution < 1.29 is 5.11 Å². The van der Waals surface area contributed by atoms with E-state index in [2.05, 4.69) is 25.9 Å². The van der Waals surface area contributed by atoms with Gasteiger partial charge in [-0.2, -0.15) is 0 Å². The second-order valence-electron chi connectivity index (χ2n) is 5.18. The lowest BCUT2D eigenvalue weighted by Crippen LogP contribution is -2.28. The summed E-state index contributed by atoms with van der Waals surface area (Å²) in [4.78, 5) is 2.15. The minimum Gasteiger partial charge on any atom is -0.393 e. The van der Waals surface area contributed by atoms with Crippen molar-refractivity contribution >= 4 is 0 Å². The van der Waals surface area contributed by atoms with Crippen molar-refractivity contribution in [3.63, 3.8) is 0 Å². The highest BCUT2D eigenvalue weighted by atomic mass is 16.3. The van der Waals surface area contributed by atoms with E-state index in [4.69, 9.17) is 0 Å². The molecule has 2 nitrogen and oxygen atoms in total. The molecule has 0 spiro atoms. The summed E-state index contributed by atoms with van der Waals surface area (Å²) in [7, 11) is 4.13. The Bertz CT molecular complexity index is 150. The molecule has 1 N–H and O–H groups in total. The first kappa shape index (κ1) is 12.0. The molecule has 0 aromatic rings. The molecule has 0 aliphatic heterocycles. The molecule has 0 aromatic carbocycles. The third-order valence-electron chi connectivity index (χ3n) is 3.48. The van der Waals surface area contributed by atoms with E-state index in [1.165, 1.54) is 25.7 Å². The number of aliphatic hydroxyl groups excluding tert-OH is 1. The van der Waals surface area contributed by atoms with E-state index < -0.39 is 0 Å². The van der Waals surface area contributed by atoms with E-state index in [0.29, 0.717) is 5.92 Å². The van der Waals surface area contributed by atoms with Gasteiger partial charge in [-0.15, -0.1) is 0 Å². The van der Waals surface area contributed by atoms with Crippen molar-refractivity contribution in [2.75, 3.05) is 20.6 Å². The van der Waals surface area contributed by atoms with E-state index >= 15 is 0 Å². The smallest absolute Gasteiger partial charge is 0.0580 e. The topological polar surface area (TPSA) is 23.5 Å². The van der Waals surface area contributed by atoms with Crippen LogP contribution in [0, 0.1) is 11.8 Å². The molecule has 1 aliphatic carbocycles. The van der Waals surface area contributed by atoms with Gasteiger partial charge in [0.2, 0.25) is 0 Å². The summed E-state index contributed by atoms with van der Waals surface area (Å²) in [5, 5.41) is 9.98. The van der Waals surface area contributed by atoms with Crippen LogP contribution < -0.4 is 0 Å². The summed E-state index contributed by atoms with van der Waals surface area (Å²) < 4.78 is 0. The zero-order valence-electron chi connectivity index (χ0n) is 9.87. The van der Waals surface area contributed by atoms with Gasteiger partial charge in [0.15, 0.2) is 0 Å². The Morgan fingerprint density at radius 3 is 2.29 bits per heavy atom. The largest absolute Gasteiger partial charge is 0.393 e. The third kappa shape index (κ3) is 3.97. The van der Waals surface area contributed by atoms with Gasteiger partial charge in [0, 0.05) is 0 Å². The van der Waals surface area contributed by atoms with Crippen molar-refractivity contribution in [2.24, 2.45) is 11.8 Å². The molecule has 1 unspecified atom stereocenters. The number of nitrogens with zero attached hydrogens (tertiary/aromatic N) is 1. The molecule has 0 saturated heterocycles. The Labute approximate surface area is 88.3 Å². The highest BCUT2D eigenvalue weighted by Crippen LogP contribution is 2.31. The van der Waals surface area contributed by atoms with Gasteiger partial charge >= 0.3 is 0 Å². The number of aliphatic hydroxyl groups is 1. The van der Waals surface area contributed by atoms with E-state index in [0.717, 1.165) is 18.9 Å². The minimum absolute atomic E-state index is 0.0649. The minimum atomic E-state index is -0.0649. The van der Waals surface area contributed by atoms with Gasteiger partial charge in [-0.3, -0.25) is 0 Å².